The molecule has 0 heterocycles. The summed E-state index contributed by atoms with van der Waals surface area (Å²) in [4.78, 5) is 0. The molecule has 184 valence electrons. The monoisotopic (exact) mass is 478 g/mol. The predicted octanol–water partition coefficient (Wildman–Crippen LogP) is 4.03. The van der Waals surface area contributed by atoms with Gasteiger partial charge >= 0.3 is 10.2 Å². The second kappa shape index (κ2) is 15.4. The first-order valence-electron chi connectivity index (χ1n) is 11.4. The van der Waals surface area contributed by atoms with Crippen molar-refractivity contribution in [1.29, 1.82) is 10.8 Å². The minimum absolute atomic E-state index is 0.251. The quantitative estimate of drug-likeness (QED) is 0.144. The van der Waals surface area contributed by atoms with Crippen molar-refractivity contribution in [1.82, 2.24) is 9.03 Å². The third kappa shape index (κ3) is 10.3. The number of aliphatic hydroxyl groups is 1. The minimum Gasteiger partial charge on any atom is -0.494 e. The number of aliphatic hydroxyl groups excluding tert-OH is 1. The molecule has 1 unspecified atom stereocenters. The summed E-state index contributed by atoms with van der Waals surface area (Å²) in [6.45, 7) is 8.40. The molecule has 0 saturated carbocycles. The zero-order chi connectivity index (χ0) is 24.7. The number of likely N-dealkylation sites (N-methyl/N-ethyl adjacent to an activating group) is 1. The molecular formula is C24H38N4O4S. The molecule has 1 atom stereocenters. The maximum Gasteiger partial charge on any atom is 0.301 e. The molecule has 0 aliphatic rings. The third-order valence-electron chi connectivity index (χ3n) is 5.07. The van der Waals surface area contributed by atoms with E-state index in [1.165, 1.54) is 16.5 Å². The zero-order valence-corrected chi connectivity index (χ0v) is 20.5. The highest BCUT2D eigenvalue weighted by Crippen LogP contribution is 2.15. The molecule has 1 aromatic carbocycles. The Morgan fingerprint density at radius 2 is 1.88 bits per heavy atom. The Kier molecular flexibility index (Phi) is 13.3. The summed E-state index contributed by atoms with van der Waals surface area (Å²) >= 11 is 0. The van der Waals surface area contributed by atoms with Gasteiger partial charge in [-0.2, -0.15) is 13.1 Å². The van der Waals surface area contributed by atoms with Crippen LogP contribution < -0.4 is 9.46 Å². The van der Waals surface area contributed by atoms with Crippen LogP contribution in [0, 0.1) is 10.8 Å². The fourth-order valence-electron chi connectivity index (χ4n) is 3.13. The molecule has 0 fully saturated rings. The van der Waals surface area contributed by atoms with Crippen LogP contribution in [-0.2, 0) is 10.2 Å². The first-order valence-corrected chi connectivity index (χ1v) is 12.8. The van der Waals surface area contributed by atoms with Crippen molar-refractivity contribution in [2.75, 3.05) is 19.7 Å². The number of ether oxygens (including phenoxy) is 1. The van der Waals surface area contributed by atoms with Gasteiger partial charge < -0.3 is 20.7 Å². The highest BCUT2D eigenvalue weighted by molar-refractivity contribution is 7.87. The predicted molar refractivity (Wildman–Crippen MR) is 135 cm³/mol. The van der Waals surface area contributed by atoms with E-state index in [4.69, 9.17) is 15.6 Å². The highest BCUT2D eigenvalue weighted by atomic mass is 32.2. The van der Waals surface area contributed by atoms with Gasteiger partial charge in [0.15, 0.2) is 0 Å². The summed E-state index contributed by atoms with van der Waals surface area (Å²) in [5, 5.41) is 24.9. The molecule has 0 aromatic heterocycles. The zero-order valence-electron chi connectivity index (χ0n) is 19.7. The average Bonchev–Trinajstić information content (AvgIpc) is 2.80. The lowest BCUT2D eigenvalue weighted by molar-refractivity contribution is 0.178. The highest BCUT2D eigenvalue weighted by Gasteiger charge is 2.20. The fourth-order valence-corrected chi connectivity index (χ4v) is 4.44. The van der Waals surface area contributed by atoms with Crippen molar-refractivity contribution >= 4 is 22.1 Å². The molecule has 8 nitrogen and oxygen atoms in total. The van der Waals surface area contributed by atoms with Gasteiger partial charge in [0, 0.05) is 31.4 Å². The number of rotatable bonds is 18. The minimum atomic E-state index is -3.67. The molecule has 1 rings (SSSR count). The number of benzene rings is 1. The Morgan fingerprint density at radius 1 is 1.21 bits per heavy atom. The summed E-state index contributed by atoms with van der Waals surface area (Å²) in [6, 6.07) is 7.34. The van der Waals surface area contributed by atoms with E-state index in [1.54, 1.807) is 6.92 Å². The van der Waals surface area contributed by atoms with Crippen molar-refractivity contribution in [3.8, 4) is 5.75 Å². The van der Waals surface area contributed by atoms with E-state index in [-0.39, 0.29) is 6.54 Å². The van der Waals surface area contributed by atoms with Crippen molar-refractivity contribution in [3.05, 3.63) is 54.3 Å². The molecule has 9 heteroatoms. The molecule has 0 spiro atoms. The van der Waals surface area contributed by atoms with E-state index in [1.807, 2.05) is 31.2 Å². The second-order valence-corrected chi connectivity index (χ2v) is 9.24. The van der Waals surface area contributed by atoms with Crippen LogP contribution in [0.2, 0.25) is 0 Å². The Labute approximate surface area is 198 Å². The van der Waals surface area contributed by atoms with Crippen LogP contribution in [0.3, 0.4) is 0 Å². The number of hydrogen-bond donors (Lipinski definition) is 4. The van der Waals surface area contributed by atoms with Crippen molar-refractivity contribution in [3.63, 3.8) is 0 Å². The van der Waals surface area contributed by atoms with Gasteiger partial charge in [0.05, 0.1) is 18.4 Å². The molecule has 0 amide bonds. The SMILES string of the molecule is C=CC(=CC=N)N(CC)S(=O)(=O)NCCCCCCOc1ccc(C(=N)CC(O)CC)cc1. The van der Waals surface area contributed by atoms with Gasteiger partial charge in [0.25, 0.3) is 0 Å². The van der Waals surface area contributed by atoms with Crippen LogP contribution in [0.1, 0.15) is 57.9 Å². The van der Waals surface area contributed by atoms with E-state index in [2.05, 4.69) is 11.3 Å². The Hall–Kier alpha value is -2.49. The van der Waals surface area contributed by atoms with Gasteiger partial charge in [-0.05, 0) is 68.2 Å². The topological polar surface area (TPSA) is 127 Å². The average molecular weight is 479 g/mol. The summed E-state index contributed by atoms with van der Waals surface area (Å²) < 4.78 is 34.5. The van der Waals surface area contributed by atoms with Crippen LogP contribution in [0.4, 0.5) is 0 Å². The first-order chi connectivity index (χ1) is 15.8. The molecule has 0 radical (unpaired) electrons. The Balaban J connectivity index is 2.29. The number of nitrogens with zero attached hydrogens (tertiary/aromatic N) is 1. The smallest absolute Gasteiger partial charge is 0.301 e. The van der Waals surface area contributed by atoms with Gasteiger partial charge in [0.1, 0.15) is 5.75 Å². The Bertz CT molecular complexity index is 882. The van der Waals surface area contributed by atoms with Crippen molar-refractivity contribution < 1.29 is 18.3 Å². The molecule has 0 bridgehead atoms. The van der Waals surface area contributed by atoms with E-state index >= 15 is 0 Å². The standard InChI is InChI=1S/C24H38N4O4S/c1-4-21(15-16-25)28(6-3)33(30,31)27-17-9-7-8-10-18-32-23-13-11-20(12-14-23)24(26)19-22(29)5-2/h4,11-16,22,25-27,29H,1,5-10,17-19H2,2-3H3. The fraction of sp³-hybridized carbons (Fsp3) is 0.500. The van der Waals surface area contributed by atoms with E-state index in [9.17, 15) is 13.5 Å². The largest absolute Gasteiger partial charge is 0.494 e. The van der Waals surface area contributed by atoms with Gasteiger partial charge in [-0.15, -0.1) is 0 Å². The van der Waals surface area contributed by atoms with Crippen LogP contribution in [-0.4, -0.2) is 55.6 Å². The maximum atomic E-state index is 12.5. The number of allylic oxidation sites excluding steroid dienone is 2. The van der Waals surface area contributed by atoms with Crippen molar-refractivity contribution in [2.24, 2.45) is 0 Å². The lowest BCUT2D eigenvalue weighted by atomic mass is 10.0. The Morgan fingerprint density at radius 3 is 2.45 bits per heavy atom. The van der Waals surface area contributed by atoms with Gasteiger partial charge in [-0.3, -0.25) is 4.31 Å². The number of hydrogen-bond acceptors (Lipinski definition) is 6. The molecule has 33 heavy (non-hydrogen) atoms. The number of unbranched alkanes of at least 4 members (excludes halogenated alkanes) is 3. The van der Waals surface area contributed by atoms with Crippen molar-refractivity contribution in [2.45, 2.75) is 58.5 Å². The third-order valence-corrected chi connectivity index (χ3v) is 6.68. The molecule has 0 saturated heterocycles. The molecule has 0 aliphatic carbocycles. The molecule has 0 aliphatic heterocycles. The van der Waals surface area contributed by atoms with Crippen LogP contribution in [0.5, 0.6) is 5.75 Å². The summed E-state index contributed by atoms with van der Waals surface area (Å²) in [5.74, 6) is 0.742. The van der Waals surface area contributed by atoms with Gasteiger partial charge in [-0.1, -0.05) is 26.3 Å². The van der Waals surface area contributed by atoms with Gasteiger partial charge in [-0.25, -0.2) is 0 Å². The summed E-state index contributed by atoms with van der Waals surface area (Å²) in [7, 11) is -3.67. The van der Waals surface area contributed by atoms with Crippen LogP contribution in [0.15, 0.2) is 48.7 Å². The van der Waals surface area contributed by atoms with E-state index < -0.39 is 16.3 Å². The van der Waals surface area contributed by atoms with Crippen LogP contribution >= 0.6 is 0 Å². The second-order valence-electron chi connectivity index (χ2n) is 7.56. The van der Waals surface area contributed by atoms with Gasteiger partial charge in [0.2, 0.25) is 0 Å². The summed E-state index contributed by atoms with van der Waals surface area (Å²) in [6.07, 6.45) is 7.71. The summed E-state index contributed by atoms with van der Waals surface area (Å²) in [5.41, 5.74) is 1.56. The lowest BCUT2D eigenvalue weighted by Crippen LogP contribution is -2.40. The lowest BCUT2D eigenvalue weighted by Gasteiger charge is -2.23. The molecule has 1 aromatic rings. The molecule has 4 N–H and O–H groups in total. The first kappa shape index (κ1) is 28.5. The normalized spacial score (nSPS) is 12.8. The molecular weight excluding hydrogens is 440 g/mol. The number of nitrogens with one attached hydrogen (secondary N) is 3. The van der Waals surface area contributed by atoms with E-state index in [0.717, 1.165) is 43.2 Å². The maximum absolute atomic E-state index is 12.5. The van der Waals surface area contributed by atoms with E-state index in [0.29, 0.717) is 37.4 Å². The van der Waals surface area contributed by atoms with Crippen LogP contribution in [0.25, 0.3) is 0 Å².